The van der Waals surface area contributed by atoms with Gasteiger partial charge in [-0.3, -0.25) is 4.79 Å². The molecule has 120 valence electrons. The maximum atomic E-state index is 13.2. The number of nitrogens with one attached hydrogen (secondary N) is 1. The lowest BCUT2D eigenvalue weighted by atomic mass is 10.1. The third kappa shape index (κ3) is 4.10. The molecule has 0 unspecified atom stereocenters. The lowest BCUT2D eigenvalue weighted by Crippen LogP contribution is -1.99. The van der Waals surface area contributed by atoms with Crippen LogP contribution in [0.25, 0.3) is 0 Å². The zero-order valence-corrected chi connectivity index (χ0v) is 13.2. The summed E-state index contributed by atoms with van der Waals surface area (Å²) in [6.45, 7) is 1.85. The predicted molar refractivity (Wildman–Crippen MR) is 87.8 cm³/mol. The Hall–Kier alpha value is -2.82. The van der Waals surface area contributed by atoms with Crippen molar-refractivity contribution in [2.24, 2.45) is 0 Å². The van der Waals surface area contributed by atoms with Crippen molar-refractivity contribution in [3.63, 3.8) is 0 Å². The van der Waals surface area contributed by atoms with Gasteiger partial charge in [0.05, 0.1) is 14.2 Å². The maximum Gasteiger partial charge on any atom is 0.187 e. The number of ether oxygens (including phenoxy) is 2. The van der Waals surface area contributed by atoms with Crippen molar-refractivity contribution in [3.05, 3.63) is 65.6 Å². The van der Waals surface area contributed by atoms with Gasteiger partial charge < -0.3 is 14.8 Å². The quantitative estimate of drug-likeness (QED) is 0.647. The highest BCUT2D eigenvalue weighted by molar-refractivity contribution is 6.05. The maximum absolute atomic E-state index is 13.2. The number of allylic oxidation sites excluding steroid dienone is 1. The molecule has 0 aromatic heterocycles. The Labute approximate surface area is 134 Å². The van der Waals surface area contributed by atoms with Gasteiger partial charge in [-0.1, -0.05) is 6.07 Å². The van der Waals surface area contributed by atoms with Crippen LogP contribution in [0.15, 0.2) is 48.7 Å². The average molecular weight is 315 g/mol. The Kier molecular flexibility index (Phi) is 5.36. The summed E-state index contributed by atoms with van der Waals surface area (Å²) in [4.78, 5) is 12.2. The van der Waals surface area contributed by atoms with E-state index in [1.165, 1.54) is 38.6 Å². The number of benzene rings is 2. The standard InChI is InChI=1S/C18H18FNO3/c1-12-4-6-14(19)11-15(12)20-9-8-16(21)13-5-7-17(22-2)18(10-13)23-3/h4-11,20H,1-3H3. The van der Waals surface area contributed by atoms with Crippen molar-refractivity contribution in [1.82, 2.24) is 0 Å². The monoisotopic (exact) mass is 315 g/mol. The zero-order chi connectivity index (χ0) is 16.8. The van der Waals surface area contributed by atoms with E-state index in [2.05, 4.69) is 5.32 Å². The molecule has 0 saturated carbocycles. The first-order valence-corrected chi connectivity index (χ1v) is 7.00. The molecular formula is C18H18FNO3. The lowest BCUT2D eigenvalue weighted by molar-refractivity contribution is 0.104. The minimum Gasteiger partial charge on any atom is -0.493 e. The highest BCUT2D eigenvalue weighted by Gasteiger charge is 2.08. The Morgan fingerprint density at radius 2 is 1.83 bits per heavy atom. The Morgan fingerprint density at radius 3 is 2.52 bits per heavy atom. The van der Waals surface area contributed by atoms with Gasteiger partial charge in [0.25, 0.3) is 0 Å². The van der Waals surface area contributed by atoms with Gasteiger partial charge in [0, 0.05) is 23.5 Å². The van der Waals surface area contributed by atoms with Crippen LogP contribution in [0.3, 0.4) is 0 Å². The number of aryl methyl sites for hydroxylation is 1. The molecule has 2 rings (SSSR count). The van der Waals surface area contributed by atoms with Crippen LogP contribution in [-0.4, -0.2) is 20.0 Å². The normalized spacial score (nSPS) is 10.6. The fourth-order valence-electron chi connectivity index (χ4n) is 2.04. The summed E-state index contributed by atoms with van der Waals surface area (Å²) < 4.78 is 23.5. The largest absolute Gasteiger partial charge is 0.493 e. The molecule has 0 fully saturated rings. The molecule has 0 bridgehead atoms. The third-order valence-corrected chi connectivity index (χ3v) is 3.34. The number of carbonyl (C=O) groups excluding carboxylic acids is 1. The number of halogens is 1. The van der Waals surface area contributed by atoms with Gasteiger partial charge in [-0.25, -0.2) is 4.39 Å². The second-order valence-electron chi connectivity index (χ2n) is 4.87. The Morgan fingerprint density at radius 1 is 1.09 bits per heavy atom. The third-order valence-electron chi connectivity index (χ3n) is 3.34. The smallest absolute Gasteiger partial charge is 0.187 e. The van der Waals surface area contributed by atoms with Crippen molar-refractivity contribution >= 4 is 11.5 Å². The first kappa shape index (κ1) is 16.5. The molecule has 2 aromatic rings. The van der Waals surface area contributed by atoms with Crippen LogP contribution in [0, 0.1) is 12.7 Å². The van der Waals surface area contributed by atoms with Crippen molar-refractivity contribution in [1.29, 1.82) is 0 Å². The van der Waals surface area contributed by atoms with Crippen molar-refractivity contribution in [3.8, 4) is 11.5 Å². The van der Waals surface area contributed by atoms with Crippen LogP contribution in [-0.2, 0) is 0 Å². The molecule has 1 N–H and O–H groups in total. The number of hydrogen-bond acceptors (Lipinski definition) is 4. The summed E-state index contributed by atoms with van der Waals surface area (Å²) >= 11 is 0. The molecule has 4 nitrogen and oxygen atoms in total. The van der Waals surface area contributed by atoms with Crippen LogP contribution < -0.4 is 14.8 Å². The number of hydrogen-bond donors (Lipinski definition) is 1. The molecule has 5 heteroatoms. The topological polar surface area (TPSA) is 47.6 Å². The van der Waals surface area contributed by atoms with Crippen molar-refractivity contribution in [2.75, 3.05) is 19.5 Å². The molecule has 0 aliphatic heterocycles. The van der Waals surface area contributed by atoms with Crippen LogP contribution in [0.4, 0.5) is 10.1 Å². The highest BCUT2D eigenvalue weighted by atomic mass is 19.1. The van der Waals surface area contributed by atoms with Crippen LogP contribution in [0.1, 0.15) is 15.9 Å². The van der Waals surface area contributed by atoms with Crippen LogP contribution in [0.2, 0.25) is 0 Å². The van der Waals surface area contributed by atoms with Gasteiger partial charge >= 0.3 is 0 Å². The Bertz CT molecular complexity index is 741. The molecule has 0 aliphatic carbocycles. The summed E-state index contributed by atoms with van der Waals surface area (Å²) in [6.07, 6.45) is 2.87. The molecule has 0 spiro atoms. The first-order chi connectivity index (χ1) is 11.0. The second-order valence-corrected chi connectivity index (χ2v) is 4.87. The zero-order valence-electron chi connectivity index (χ0n) is 13.2. The molecule has 0 atom stereocenters. The summed E-state index contributed by atoms with van der Waals surface area (Å²) in [6, 6.07) is 9.37. The number of ketones is 1. The Balaban J connectivity index is 2.11. The fourth-order valence-corrected chi connectivity index (χ4v) is 2.04. The first-order valence-electron chi connectivity index (χ1n) is 7.00. The number of methoxy groups -OCH3 is 2. The number of rotatable bonds is 6. The van der Waals surface area contributed by atoms with E-state index in [1.807, 2.05) is 6.92 Å². The van der Waals surface area contributed by atoms with Crippen molar-refractivity contribution < 1.29 is 18.7 Å². The van der Waals surface area contributed by atoms with Gasteiger partial charge in [-0.05, 0) is 42.8 Å². The molecule has 2 aromatic carbocycles. The van der Waals surface area contributed by atoms with E-state index in [0.29, 0.717) is 22.7 Å². The summed E-state index contributed by atoms with van der Waals surface area (Å²) in [5.41, 5.74) is 1.97. The minimum absolute atomic E-state index is 0.201. The van der Waals surface area contributed by atoms with E-state index < -0.39 is 0 Å². The molecule has 0 saturated heterocycles. The summed E-state index contributed by atoms with van der Waals surface area (Å²) in [5, 5.41) is 2.91. The lowest BCUT2D eigenvalue weighted by Gasteiger charge is -2.08. The van der Waals surface area contributed by atoms with Gasteiger partial charge in [0.2, 0.25) is 0 Å². The molecule has 23 heavy (non-hydrogen) atoms. The molecule has 0 radical (unpaired) electrons. The highest BCUT2D eigenvalue weighted by Crippen LogP contribution is 2.27. The van der Waals surface area contributed by atoms with E-state index in [4.69, 9.17) is 9.47 Å². The number of carbonyl (C=O) groups is 1. The summed E-state index contributed by atoms with van der Waals surface area (Å²) in [7, 11) is 3.04. The average Bonchev–Trinajstić information content (AvgIpc) is 2.57. The van der Waals surface area contributed by atoms with E-state index in [0.717, 1.165) is 5.56 Å². The minimum atomic E-state index is -0.335. The predicted octanol–water partition coefficient (Wildman–Crippen LogP) is 3.96. The molecular weight excluding hydrogens is 297 g/mol. The van der Waals surface area contributed by atoms with E-state index in [9.17, 15) is 9.18 Å². The fraction of sp³-hybridized carbons (Fsp3) is 0.167. The SMILES string of the molecule is COc1ccc(C(=O)C=CNc2cc(F)ccc2C)cc1OC. The molecule has 0 amide bonds. The molecule has 0 heterocycles. The second kappa shape index (κ2) is 7.45. The van der Waals surface area contributed by atoms with Gasteiger partial charge in [0.1, 0.15) is 5.82 Å². The van der Waals surface area contributed by atoms with Gasteiger partial charge in [0.15, 0.2) is 17.3 Å². The van der Waals surface area contributed by atoms with Gasteiger partial charge in [-0.2, -0.15) is 0 Å². The van der Waals surface area contributed by atoms with E-state index in [-0.39, 0.29) is 11.6 Å². The van der Waals surface area contributed by atoms with Crippen LogP contribution >= 0.6 is 0 Å². The molecule has 0 aliphatic rings. The number of anilines is 1. The van der Waals surface area contributed by atoms with Crippen LogP contribution in [0.5, 0.6) is 11.5 Å². The van der Waals surface area contributed by atoms with E-state index in [1.54, 1.807) is 24.3 Å². The van der Waals surface area contributed by atoms with Gasteiger partial charge in [-0.15, -0.1) is 0 Å². The van der Waals surface area contributed by atoms with Crippen molar-refractivity contribution in [2.45, 2.75) is 6.92 Å². The van der Waals surface area contributed by atoms with E-state index >= 15 is 0 Å². The summed E-state index contributed by atoms with van der Waals surface area (Å²) in [5.74, 6) is 0.507.